The van der Waals surface area contributed by atoms with Crippen molar-refractivity contribution < 1.29 is 13.2 Å². The SMILES string of the molecule is NS(=O)(=O)c1cccnc1Oc1cc(Cl)ccc1Cl. The van der Waals surface area contributed by atoms with Crippen molar-refractivity contribution in [3.8, 4) is 11.6 Å². The quantitative estimate of drug-likeness (QED) is 0.943. The topological polar surface area (TPSA) is 82.3 Å². The normalized spacial score (nSPS) is 11.3. The Morgan fingerprint density at radius 1 is 1.21 bits per heavy atom. The van der Waals surface area contributed by atoms with Crippen LogP contribution in [0.25, 0.3) is 0 Å². The Kier molecular flexibility index (Phi) is 3.96. The summed E-state index contributed by atoms with van der Waals surface area (Å²) >= 11 is 11.7. The van der Waals surface area contributed by atoms with Crippen molar-refractivity contribution in [3.05, 3.63) is 46.6 Å². The van der Waals surface area contributed by atoms with E-state index in [1.54, 1.807) is 6.07 Å². The average molecular weight is 319 g/mol. The molecule has 0 atom stereocenters. The second-order valence-electron chi connectivity index (χ2n) is 3.53. The van der Waals surface area contributed by atoms with Crippen LogP contribution in [-0.4, -0.2) is 13.4 Å². The zero-order chi connectivity index (χ0) is 14.0. The first kappa shape index (κ1) is 14.1. The predicted octanol–water partition coefficient (Wildman–Crippen LogP) is 2.83. The summed E-state index contributed by atoms with van der Waals surface area (Å²) in [4.78, 5) is 3.60. The molecule has 2 rings (SSSR count). The summed E-state index contributed by atoms with van der Waals surface area (Å²) in [5.74, 6) is 0.0342. The number of hydrogen-bond donors (Lipinski definition) is 1. The molecule has 0 spiro atoms. The van der Waals surface area contributed by atoms with Gasteiger partial charge in [0.05, 0.1) is 5.02 Å². The van der Waals surface area contributed by atoms with Crippen LogP contribution in [0, 0.1) is 0 Å². The minimum Gasteiger partial charge on any atom is -0.436 e. The molecule has 2 N–H and O–H groups in total. The van der Waals surface area contributed by atoms with Gasteiger partial charge >= 0.3 is 0 Å². The van der Waals surface area contributed by atoms with Crippen molar-refractivity contribution in [1.82, 2.24) is 4.98 Å². The van der Waals surface area contributed by atoms with E-state index in [1.165, 1.54) is 30.5 Å². The van der Waals surface area contributed by atoms with Gasteiger partial charge in [-0.3, -0.25) is 0 Å². The van der Waals surface area contributed by atoms with Crippen LogP contribution in [0.5, 0.6) is 11.6 Å². The molecule has 1 aromatic carbocycles. The van der Waals surface area contributed by atoms with Gasteiger partial charge in [0.2, 0.25) is 15.9 Å². The van der Waals surface area contributed by atoms with E-state index in [9.17, 15) is 8.42 Å². The molecule has 0 fully saturated rings. The highest BCUT2D eigenvalue weighted by molar-refractivity contribution is 7.89. The number of halogens is 2. The molecule has 2 aromatic rings. The lowest BCUT2D eigenvalue weighted by Crippen LogP contribution is -2.13. The molecule has 0 bridgehead atoms. The van der Waals surface area contributed by atoms with Gasteiger partial charge in [-0.2, -0.15) is 0 Å². The molecule has 0 aliphatic heterocycles. The molecule has 0 amide bonds. The number of primary sulfonamides is 1. The first-order chi connectivity index (χ1) is 8.88. The van der Waals surface area contributed by atoms with Crippen molar-refractivity contribution in [2.45, 2.75) is 4.90 Å². The summed E-state index contributed by atoms with van der Waals surface area (Å²) in [6.45, 7) is 0. The molecule has 0 radical (unpaired) electrons. The van der Waals surface area contributed by atoms with E-state index >= 15 is 0 Å². The molecular formula is C11H8Cl2N2O3S. The Labute approximate surface area is 120 Å². The molecule has 5 nitrogen and oxygen atoms in total. The van der Waals surface area contributed by atoms with Crippen LogP contribution in [0.1, 0.15) is 0 Å². The van der Waals surface area contributed by atoms with Crippen LogP contribution in [-0.2, 0) is 10.0 Å². The number of pyridine rings is 1. The molecule has 0 saturated heterocycles. The van der Waals surface area contributed by atoms with Gasteiger partial charge in [-0.15, -0.1) is 0 Å². The second-order valence-corrected chi connectivity index (χ2v) is 5.90. The minimum atomic E-state index is -3.94. The largest absolute Gasteiger partial charge is 0.436 e. The Balaban J connectivity index is 2.47. The number of rotatable bonds is 3. The molecule has 100 valence electrons. The summed E-state index contributed by atoms with van der Waals surface area (Å²) in [6.07, 6.45) is 1.38. The molecule has 1 heterocycles. The van der Waals surface area contributed by atoms with Crippen molar-refractivity contribution in [1.29, 1.82) is 0 Å². The fraction of sp³-hybridized carbons (Fsp3) is 0. The molecule has 0 unspecified atom stereocenters. The highest BCUT2D eigenvalue weighted by Gasteiger charge is 2.17. The molecule has 0 saturated carbocycles. The maximum absolute atomic E-state index is 11.4. The molecule has 0 aliphatic rings. The fourth-order valence-corrected chi connectivity index (χ4v) is 2.25. The van der Waals surface area contributed by atoms with Gasteiger partial charge < -0.3 is 4.74 Å². The van der Waals surface area contributed by atoms with Crippen molar-refractivity contribution >= 4 is 33.2 Å². The van der Waals surface area contributed by atoms with Gasteiger partial charge in [0.15, 0.2) is 0 Å². The molecule has 1 aromatic heterocycles. The number of ether oxygens (including phenoxy) is 1. The van der Waals surface area contributed by atoms with Crippen LogP contribution in [0.15, 0.2) is 41.4 Å². The lowest BCUT2D eigenvalue weighted by atomic mass is 10.3. The van der Waals surface area contributed by atoms with E-state index in [0.29, 0.717) is 5.02 Å². The van der Waals surface area contributed by atoms with Gasteiger partial charge in [-0.05, 0) is 24.3 Å². The first-order valence-electron chi connectivity index (χ1n) is 4.98. The van der Waals surface area contributed by atoms with Gasteiger partial charge in [-0.25, -0.2) is 18.5 Å². The summed E-state index contributed by atoms with van der Waals surface area (Å²) in [7, 11) is -3.94. The van der Waals surface area contributed by atoms with E-state index < -0.39 is 10.0 Å². The van der Waals surface area contributed by atoms with Crippen molar-refractivity contribution in [3.63, 3.8) is 0 Å². The third kappa shape index (κ3) is 3.36. The molecule has 8 heteroatoms. The summed E-state index contributed by atoms with van der Waals surface area (Å²) in [5, 5.41) is 5.74. The molecular weight excluding hydrogens is 311 g/mol. The van der Waals surface area contributed by atoms with E-state index in [0.717, 1.165) is 0 Å². The van der Waals surface area contributed by atoms with Gasteiger partial charge in [0.25, 0.3) is 0 Å². The van der Waals surface area contributed by atoms with Crippen molar-refractivity contribution in [2.75, 3.05) is 0 Å². The fourth-order valence-electron chi connectivity index (χ4n) is 1.33. The van der Waals surface area contributed by atoms with Crippen LogP contribution < -0.4 is 9.88 Å². The van der Waals surface area contributed by atoms with Crippen LogP contribution in [0.3, 0.4) is 0 Å². The zero-order valence-corrected chi connectivity index (χ0v) is 11.7. The van der Waals surface area contributed by atoms with Gasteiger partial charge in [-0.1, -0.05) is 23.2 Å². The van der Waals surface area contributed by atoms with Gasteiger partial charge in [0.1, 0.15) is 10.6 Å². The maximum atomic E-state index is 11.4. The highest BCUT2D eigenvalue weighted by atomic mass is 35.5. The third-order valence-corrected chi connectivity index (χ3v) is 3.61. The van der Waals surface area contributed by atoms with Crippen LogP contribution in [0.4, 0.5) is 0 Å². The second kappa shape index (κ2) is 5.34. The summed E-state index contributed by atoms with van der Waals surface area (Å²) < 4.78 is 28.1. The van der Waals surface area contributed by atoms with Crippen LogP contribution >= 0.6 is 23.2 Å². The zero-order valence-electron chi connectivity index (χ0n) is 9.38. The highest BCUT2D eigenvalue weighted by Crippen LogP contribution is 2.33. The van der Waals surface area contributed by atoms with E-state index in [1.807, 2.05) is 0 Å². The number of hydrogen-bond acceptors (Lipinski definition) is 4. The number of aromatic nitrogens is 1. The van der Waals surface area contributed by atoms with Crippen LogP contribution in [0.2, 0.25) is 10.0 Å². The molecule has 0 aliphatic carbocycles. The lowest BCUT2D eigenvalue weighted by molar-refractivity contribution is 0.447. The first-order valence-corrected chi connectivity index (χ1v) is 7.29. The van der Waals surface area contributed by atoms with E-state index in [2.05, 4.69) is 4.98 Å². The van der Waals surface area contributed by atoms with E-state index in [-0.39, 0.29) is 21.5 Å². The Hall–Kier alpha value is -1.34. The summed E-state index contributed by atoms with van der Waals surface area (Å²) in [5.41, 5.74) is 0. The number of nitrogens with zero attached hydrogens (tertiary/aromatic N) is 1. The minimum absolute atomic E-state index is 0.158. The number of benzene rings is 1. The Morgan fingerprint density at radius 2 is 1.95 bits per heavy atom. The number of nitrogens with two attached hydrogens (primary N) is 1. The Morgan fingerprint density at radius 3 is 2.63 bits per heavy atom. The molecule has 19 heavy (non-hydrogen) atoms. The monoisotopic (exact) mass is 318 g/mol. The van der Waals surface area contributed by atoms with Gasteiger partial charge in [0, 0.05) is 17.3 Å². The predicted molar refractivity (Wildman–Crippen MR) is 72.1 cm³/mol. The van der Waals surface area contributed by atoms with Crippen molar-refractivity contribution in [2.24, 2.45) is 5.14 Å². The summed E-state index contributed by atoms with van der Waals surface area (Å²) in [6, 6.07) is 7.28. The third-order valence-electron chi connectivity index (χ3n) is 2.14. The maximum Gasteiger partial charge on any atom is 0.243 e. The smallest absolute Gasteiger partial charge is 0.243 e. The van der Waals surface area contributed by atoms with E-state index in [4.69, 9.17) is 33.1 Å². The lowest BCUT2D eigenvalue weighted by Gasteiger charge is -2.09. The average Bonchev–Trinajstić information content (AvgIpc) is 2.33. The Bertz CT molecular complexity index is 720. The standard InChI is InChI=1S/C11H8Cl2N2O3S/c12-7-3-4-8(13)9(6-7)18-11-10(19(14,16)17)2-1-5-15-11/h1-6H,(H2,14,16,17). The number of sulfonamides is 1.